The molecule has 0 rings (SSSR count). The average molecular weight is 215 g/mol. The van der Waals surface area contributed by atoms with E-state index >= 15 is 0 Å². The minimum atomic E-state index is -0.111. The molecule has 3 nitrogen and oxygen atoms in total. The molecule has 90 valence electrons. The van der Waals surface area contributed by atoms with Crippen molar-refractivity contribution in [3.8, 4) is 0 Å². The Balaban J connectivity index is 3.90. The van der Waals surface area contributed by atoms with Gasteiger partial charge in [-0.25, -0.2) is 0 Å². The van der Waals surface area contributed by atoms with E-state index < -0.39 is 0 Å². The third kappa shape index (κ3) is 7.37. The lowest BCUT2D eigenvalue weighted by atomic mass is 9.94. The minimum absolute atomic E-state index is 0.0231. The normalized spacial score (nSPS) is 15.1. The zero-order valence-corrected chi connectivity index (χ0v) is 10.5. The molecule has 0 saturated heterocycles. The molecular weight excluding hydrogens is 190 g/mol. The van der Waals surface area contributed by atoms with Gasteiger partial charge in [-0.3, -0.25) is 4.79 Å². The first-order valence-corrected chi connectivity index (χ1v) is 5.89. The van der Waals surface area contributed by atoms with Gasteiger partial charge in [-0.05, 0) is 38.1 Å². The molecule has 0 fully saturated rings. The van der Waals surface area contributed by atoms with Gasteiger partial charge in [0.25, 0.3) is 0 Å². The summed E-state index contributed by atoms with van der Waals surface area (Å²) >= 11 is 0. The molecule has 0 aliphatic rings. The molecule has 2 N–H and O–H groups in total. The summed E-state index contributed by atoms with van der Waals surface area (Å²) in [6, 6.07) is 0. The molecule has 0 saturated carbocycles. The van der Waals surface area contributed by atoms with Crippen LogP contribution in [0.1, 0.15) is 47.0 Å². The summed E-state index contributed by atoms with van der Waals surface area (Å²) in [5, 5.41) is 0. The van der Waals surface area contributed by atoms with Gasteiger partial charge in [0.2, 0.25) is 0 Å². The van der Waals surface area contributed by atoms with Gasteiger partial charge >= 0.3 is 5.97 Å². The Labute approximate surface area is 93.4 Å². The zero-order chi connectivity index (χ0) is 11.8. The molecule has 0 aromatic carbocycles. The maximum atomic E-state index is 11.5. The highest BCUT2D eigenvalue weighted by Gasteiger charge is 2.16. The molecule has 0 spiro atoms. The fourth-order valence-electron chi connectivity index (χ4n) is 1.52. The third-order valence-electron chi connectivity index (χ3n) is 2.50. The molecule has 0 radical (unpaired) electrons. The Morgan fingerprint density at radius 2 is 1.93 bits per heavy atom. The Morgan fingerprint density at radius 3 is 2.33 bits per heavy atom. The van der Waals surface area contributed by atoms with E-state index in [0.717, 1.165) is 12.8 Å². The topological polar surface area (TPSA) is 52.3 Å². The summed E-state index contributed by atoms with van der Waals surface area (Å²) in [7, 11) is 0. The molecule has 0 bridgehead atoms. The lowest BCUT2D eigenvalue weighted by Gasteiger charge is -2.17. The minimum Gasteiger partial charge on any atom is -0.463 e. The Morgan fingerprint density at radius 1 is 1.33 bits per heavy atom. The first kappa shape index (κ1) is 14.4. The fourth-order valence-corrected chi connectivity index (χ4v) is 1.52. The Kier molecular flexibility index (Phi) is 7.39. The SMILES string of the molecule is CCC(C)OC(=O)C[C@@H](CN)CC(C)C. The van der Waals surface area contributed by atoms with Crippen LogP contribution in [-0.2, 0) is 9.53 Å². The van der Waals surface area contributed by atoms with Crippen LogP contribution in [0, 0.1) is 11.8 Å². The van der Waals surface area contributed by atoms with Crippen LogP contribution in [0.5, 0.6) is 0 Å². The van der Waals surface area contributed by atoms with E-state index in [1.54, 1.807) is 0 Å². The molecule has 0 amide bonds. The fraction of sp³-hybridized carbons (Fsp3) is 0.917. The van der Waals surface area contributed by atoms with Crippen LogP contribution in [0.2, 0.25) is 0 Å². The van der Waals surface area contributed by atoms with Gasteiger partial charge in [0.1, 0.15) is 0 Å². The zero-order valence-electron chi connectivity index (χ0n) is 10.5. The van der Waals surface area contributed by atoms with E-state index in [4.69, 9.17) is 10.5 Å². The number of hydrogen-bond donors (Lipinski definition) is 1. The Hall–Kier alpha value is -0.570. The van der Waals surface area contributed by atoms with Crippen LogP contribution < -0.4 is 5.73 Å². The van der Waals surface area contributed by atoms with Crippen LogP contribution in [-0.4, -0.2) is 18.6 Å². The second kappa shape index (κ2) is 7.69. The molecule has 0 aromatic heterocycles. The van der Waals surface area contributed by atoms with E-state index in [1.165, 1.54) is 0 Å². The quantitative estimate of drug-likeness (QED) is 0.663. The molecule has 1 unspecified atom stereocenters. The van der Waals surface area contributed by atoms with Crippen molar-refractivity contribution in [1.29, 1.82) is 0 Å². The number of hydrogen-bond acceptors (Lipinski definition) is 3. The summed E-state index contributed by atoms with van der Waals surface area (Å²) in [6.07, 6.45) is 2.34. The molecule has 0 aliphatic heterocycles. The molecule has 2 atom stereocenters. The van der Waals surface area contributed by atoms with Gasteiger partial charge in [-0.15, -0.1) is 0 Å². The molecule has 3 heteroatoms. The van der Waals surface area contributed by atoms with Gasteiger partial charge in [0.05, 0.1) is 6.10 Å². The summed E-state index contributed by atoms with van der Waals surface area (Å²) < 4.78 is 5.22. The van der Waals surface area contributed by atoms with Crippen molar-refractivity contribution < 1.29 is 9.53 Å². The van der Waals surface area contributed by atoms with E-state index in [-0.39, 0.29) is 18.0 Å². The van der Waals surface area contributed by atoms with E-state index in [9.17, 15) is 4.79 Å². The standard InChI is InChI=1S/C12H25NO2/c1-5-10(4)15-12(14)7-11(8-13)6-9(2)3/h9-11H,5-8,13H2,1-4H3/t10?,11-/m0/s1. The van der Waals surface area contributed by atoms with Gasteiger partial charge < -0.3 is 10.5 Å². The van der Waals surface area contributed by atoms with Gasteiger partial charge in [0.15, 0.2) is 0 Å². The molecule has 0 aromatic rings. The van der Waals surface area contributed by atoms with E-state index in [0.29, 0.717) is 18.9 Å². The second-order valence-electron chi connectivity index (χ2n) is 4.64. The maximum absolute atomic E-state index is 11.5. The maximum Gasteiger partial charge on any atom is 0.306 e. The summed E-state index contributed by atoms with van der Waals surface area (Å²) in [4.78, 5) is 11.5. The summed E-state index contributed by atoms with van der Waals surface area (Å²) in [6.45, 7) is 8.77. The lowest BCUT2D eigenvalue weighted by molar-refractivity contribution is -0.149. The third-order valence-corrected chi connectivity index (χ3v) is 2.50. The number of esters is 1. The van der Waals surface area contributed by atoms with E-state index in [2.05, 4.69) is 13.8 Å². The monoisotopic (exact) mass is 215 g/mol. The van der Waals surface area contributed by atoms with E-state index in [1.807, 2.05) is 13.8 Å². The molecule has 15 heavy (non-hydrogen) atoms. The van der Waals surface area contributed by atoms with Gasteiger partial charge in [0, 0.05) is 6.42 Å². The first-order valence-electron chi connectivity index (χ1n) is 5.89. The summed E-state index contributed by atoms with van der Waals surface area (Å²) in [5.74, 6) is 0.733. The largest absolute Gasteiger partial charge is 0.463 e. The van der Waals surface area contributed by atoms with Crippen molar-refractivity contribution in [2.45, 2.75) is 53.1 Å². The van der Waals surface area contributed by atoms with Crippen molar-refractivity contribution in [2.75, 3.05) is 6.54 Å². The van der Waals surface area contributed by atoms with Gasteiger partial charge in [-0.1, -0.05) is 20.8 Å². The number of carbonyl (C=O) groups excluding carboxylic acids is 1. The number of ether oxygens (including phenoxy) is 1. The molecular formula is C12H25NO2. The van der Waals surface area contributed by atoms with Crippen LogP contribution >= 0.6 is 0 Å². The molecule has 0 heterocycles. The van der Waals surface area contributed by atoms with Crippen molar-refractivity contribution in [3.63, 3.8) is 0 Å². The number of carbonyl (C=O) groups is 1. The second-order valence-corrected chi connectivity index (χ2v) is 4.64. The van der Waals surface area contributed by atoms with Crippen molar-refractivity contribution >= 4 is 5.97 Å². The van der Waals surface area contributed by atoms with Crippen molar-refractivity contribution in [3.05, 3.63) is 0 Å². The highest BCUT2D eigenvalue weighted by atomic mass is 16.5. The first-order chi connectivity index (χ1) is 6.99. The van der Waals surface area contributed by atoms with Gasteiger partial charge in [-0.2, -0.15) is 0 Å². The predicted molar refractivity (Wildman–Crippen MR) is 62.5 cm³/mol. The van der Waals surface area contributed by atoms with Crippen LogP contribution in [0.15, 0.2) is 0 Å². The molecule has 0 aliphatic carbocycles. The van der Waals surface area contributed by atoms with Crippen molar-refractivity contribution in [1.82, 2.24) is 0 Å². The lowest BCUT2D eigenvalue weighted by Crippen LogP contribution is -2.23. The number of nitrogens with two attached hydrogens (primary N) is 1. The predicted octanol–water partition coefficient (Wildman–Crippen LogP) is 2.34. The average Bonchev–Trinajstić information content (AvgIpc) is 2.15. The Bertz CT molecular complexity index is 180. The number of rotatable bonds is 7. The highest BCUT2D eigenvalue weighted by Crippen LogP contribution is 2.15. The smallest absolute Gasteiger partial charge is 0.306 e. The highest BCUT2D eigenvalue weighted by molar-refractivity contribution is 5.69. The van der Waals surface area contributed by atoms with Crippen LogP contribution in [0.25, 0.3) is 0 Å². The van der Waals surface area contributed by atoms with Crippen LogP contribution in [0.3, 0.4) is 0 Å². The summed E-state index contributed by atoms with van der Waals surface area (Å²) in [5.41, 5.74) is 5.62. The van der Waals surface area contributed by atoms with Crippen molar-refractivity contribution in [2.24, 2.45) is 17.6 Å². The van der Waals surface area contributed by atoms with Crippen LogP contribution in [0.4, 0.5) is 0 Å².